The van der Waals surface area contributed by atoms with Crippen LogP contribution in [-0.4, -0.2) is 75.1 Å². The van der Waals surface area contributed by atoms with Gasteiger partial charge in [-0.25, -0.2) is 9.59 Å². The zero-order chi connectivity index (χ0) is 19.1. The Kier molecular flexibility index (Phi) is 7.34. The Hall–Kier alpha value is -2.65. The maximum atomic E-state index is 12.5. The summed E-state index contributed by atoms with van der Waals surface area (Å²) in [5.41, 5.74) is -0.351. The number of methoxy groups -OCH3 is 2. The van der Waals surface area contributed by atoms with E-state index in [4.69, 9.17) is 14.2 Å². The fourth-order valence-corrected chi connectivity index (χ4v) is 2.57. The lowest BCUT2D eigenvalue weighted by Crippen LogP contribution is -2.57. The molecule has 0 bridgehead atoms. The first-order chi connectivity index (χ1) is 11.8. The molecule has 0 aromatic rings. The summed E-state index contributed by atoms with van der Waals surface area (Å²) in [4.78, 5) is 49.1. The number of carbonyl (C=O) groups is 4. The first kappa shape index (κ1) is 20.4. The van der Waals surface area contributed by atoms with E-state index >= 15 is 0 Å². The summed E-state index contributed by atoms with van der Waals surface area (Å²) in [6.45, 7) is 3.26. The van der Waals surface area contributed by atoms with Crippen molar-refractivity contribution in [2.24, 2.45) is 16.9 Å². The third kappa shape index (κ3) is 4.25. The average Bonchev–Trinajstić information content (AvgIpc) is 2.59. The van der Waals surface area contributed by atoms with Crippen molar-refractivity contribution < 1.29 is 38.1 Å². The first-order valence-electron chi connectivity index (χ1n) is 7.64. The topological polar surface area (TPSA) is 121 Å². The number of likely N-dealkylation sites (N-methyl/N-ethyl adjacent to an activating group) is 1. The van der Waals surface area contributed by atoms with Gasteiger partial charge in [0.15, 0.2) is 11.8 Å². The highest BCUT2D eigenvalue weighted by atomic mass is 16.5. The Morgan fingerprint density at radius 1 is 0.960 bits per heavy atom. The molecule has 1 aliphatic rings. The molecule has 0 saturated heterocycles. The second-order valence-corrected chi connectivity index (χ2v) is 5.03. The second-order valence-electron chi connectivity index (χ2n) is 5.03. The van der Waals surface area contributed by atoms with Crippen LogP contribution >= 0.6 is 0 Å². The van der Waals surface area contributed by atoms with Gasteiger partial charge in [0.2, 0.25) is 0 Å². The van der Waals surface area contributed by atoms with Gasteiger partial charge in [-0.05, 0) is 13.8 Å². The minimum absolute atomic E-state index is 0.0210. The number of esters is 4. The fraction of sp³-hybridized carbons (Fsp3) is 0.667. The van der Waals surface area contributed by atoms with Gasteiger partial charge in [0.1, 0.15) is 11.8 Å². The molecule has 1 aliphatic heterocycles. The normalized spacial score (nSPS) is 22.5. The lowest BCUT2D eigenvalue weighted by atomic mass is 9.80. The van der Waals surface area contributed by atoms with E-state index in [0.29, 0.717) is 0 Å². The van der Waals surface area contributed by atoms with Crippen LogP contribution in [0.1, 0.15) is 13.8 Å². The van der Waals surface area contributed by atoms with Crippen molar-refractivity contribution in [3.63, 3.8) is 0 Å². The molecule has 10 nitrogen and oxygen atoms in total. The Balaban J connectivity index is 3.50. The summed E-state index contributed by atoms with van der Waals surface area (Å²) in [6.07, 6.45) is 0. The molecule has 0 aromatic heterocycles. The molecule has 25 heavy (non-hydrogen) atoms. The predicted octanol–water partition coefficient (Wildman–Crippen LogP) is -0.639. The van der Waals surface area contributed by atoms with Crippen molar-refractivity contribution in [1.82, 2.24) is 5.01 Å². The minimum atomic E-state index is -1.46. The summed E-state index contributed by atoms with van der Waals surface area (Å²) in [6, 6.07) is -1.25. The lowest BCUT2D eigenvalue weighted by molar-refractivity contribution is -0.168. The standard InChI is InChI=1S/C15H22N2O8/c1-6-24-13(19)9-8(12(18)22-4)10(14(20)23-5)16-17(3)11(9)15(21)25-7-2/h8-9,11H,6-7H2,1-5H3/t8-,9-,11+/m0/s1. The Morgan fingerprint density at radius 2 is 1.52 bits per heavy atom. The van der Waals surface area contributed by atoms with Crippen LogP contribution in [0.25, 0.3) is 0 Å². The molecule has 0 N–H and O–H groups in total. The zero-order valence-electron chi connectivity index (χ0n) is 14.8. The van der Waals surface area contributed by atoms with Gasteiger partial charge < -0.3 is 18.9 Å². The van der Waals surface area contributed by atoms with Crippen molar-refractivity contribution in [2.75, 3.05) is 34.5 Å². The van der Waals surface area contributed by atoms with E-state index in [-0.39, 0.29) is 18.9 Å². The van der Waals surface area contributed by atoms with Crippen LogP contribution in [0.2, 0.25) is 0 Å². The van der Waals surface area contributed by atoms with E-state index in [1.807, 2.05) is 0 Å². The van der Waals surface area contributed by atoms with Crippen molar-refractivity contribution in [2.45, 2.75) is 19.9 Å². The number of carbonyl (C=O) groups excluding carboxylic acids is 4. The van der Waals surface area contributed by atoms with Crippen LogP contribution in [0, 0.1) is 11.8 Å². The molecule has 0 aromatic carbocycles. The van der Waals surface area contributed by atoms with Crippen LogP contribution < -0.4 is 0 Å². The second kappa shape index (κ2) is 9.00. The van der Waals surface area contributed by atoms with Crippen molar-refractivity contribution in [3.05, 3.63) is 0 Å². The Bertz CT molecular complexity index is 574. The molecule has 0 spiro atoms. The van der Waals surface area contributed by atoms with Gasteiger partial charge in [-0.15, -0.1) is 0 Å². The summed E-state index contributed by atoms with van der Waals surface area (Å²) < 4.78 is 19.3. The molecule has 3 atom stereocenters. The van der Waals surface area contributed by atoms with Gasteiger partial charge in [-0.2, -0.15) is 5.10 Å². The summed E-state index contributed by atoms with van der Waals surface area (Å²) >= 11 is 0. The fourth-order valence-electron chi connectivity index (χ4n) is 2.57. The molecular weight excluding hydrogens is 336 g/mol. The minimum Gasteiger partial charge on any atom is -0.468 e. The van der Waals surface area contributed by atoms with Crippen LogP contribution in [0.15, 0.2) is 5.10 Å². The van der Waals surface area contributed by atoms with Gasteiger partial charge in [0, 0.05) is 7.05 Å². The summed E-state index contributed by atoms with van der Waals surface area (Å²) in [5, 5.41) is 5.04. The molecule has 10 heteroatoms. The SMILES string of the molecule is CCOC(=O)[C@H]1[C@H](C(=O)OC)C(C(=O)OC)=NN(C)[C@H]1C(=O)OCC. The van der Waals surface area contributed by atoms with Gasteiger partial charge >= 0.3 is 23.9 Å². The summed E-state index contributed by atoms with van der Waals surface area (Å²) in [5.74, 6) is -6.28. The van der Waals surface area contributed by atoms with Crippen molar-refractivity contribution in [3.8, 4) is 0 Å². The maximum absolute atomic E-state index is 12.5. The number of rotatable bonds is 6. The van der Waals surface area contributed by atoms with E-state index in [1.54, 1.807) is 13.8 Å². The zero-order valence-corrected chi connectivity index (χ0v) is 14.8. The number of hydrogen-bond acceptors (Lipinski definition) is 10. The predicted molar refractivity (Wildman–Crippen MR) is 83.3 cm³/mol. The molecule has 0 unspecified atom stereocenters. The molecule has 0 aliphatic carbocycles. The third-order valence-electron chi connectivity index (χ3n) is 3.60. The molecule has 1 rings (SSSR count). The molecule has 0 saturated carbocycles. The lowest BCUT2D eigenvalue weighted by Gasteiger charge is -2.37. The number of hydrogen-bond donors (Lipinski definition) is 0. The quantitative estimate of drug-likeness (QED) is 0.451. The summed E-state index contributed by atoms with van der Waals surface area (Å²) in [7, 11) is 3.58. The van der Waals surface area contributed by atoms with E-state index in [0.717, 1.165) is 19.2 Å². The van der Waals surface area contributed by atoms with Crippen molar-refractivity contribution >= 4 is 29.6 Å². The molecule has 140 valence electrons. The monoisotopic (exact) mass is 358 g/mol. The molecule has 0 fully saturated rings. The van der Waals surface area contributed by atoms with E-state index < -0.39 is 41.8 Å². The van der Waals surface area contributed by atoms with E-state index in [2.05, 4.69) is 9.84 Å². The molecule has 1 heterocycles. The van der Waals surface area contributed by atoms with E-state index in [9.17, 15) is 19.2 Å². The molecule has 0 radical (unpaired) electrons. The average molecular weight is 358 g/mol. The van der Waals surface area contributed by atoms with Crippen LogP contribution in [0.3, 0.4) is 0 Å². The Morgan fingerprint density at radius 3 is 2.00 bits per heavy atom. The molecule has 0 amide bonds. The van der Waals surface area contributed by atoms with Gasteiger partial charge in [-0.3, -0.25) is 14.6 Å². The van der Waals surface area contributed by atoms with Crippen LogP contribution in [0.5, 0.6) is 0 Å². The largest absolute Gasteiger partial charge is 0.468 e. The van der Waals surface area contributed by atoms with Crippen LogP contribution in [-0.2, 0) is 38.1 Å². The number of hydrazone groups is 1. The van der Waals surface area contributed by atoms with Crippen LogP contribution in [0.4, 0.5) is 0 Å². The third-order valence-corrected chi connectivity index (χ3v) is 3.60. The highest BCUT2D eigenvalue weighted by Gasteiger charge is 2.54. The molecular formula is C15H22N2O8. The van der Waals surface area contributed by atoms with Gasteiger partial charge in [-0.1, -0.05) is 0 Å². The number of ether oxygens (including phenoxy) is 4. The Labute approximate surface area is 145 Å². The van der Waals surface area contributed by atoms with Gasteiger partial charge in [0.25, 0.3) is 0 Å². The van der Waals surface area contributed by atoms with E-state index in [1.165, 1.54) is 7.05 Å². The first-order valence-corrected chi connectivity index (χ1v) is 7.64. The van der Waals surface area contributed by atoms with Crippen molar-refractivity contribution in [1.29, 1.82) is 0 Å². The number of nitrogens with zero attached hydrogens (tertiary/aromatic N) is 2. The highest BCUT2D eigenvalue weighted by molar-refractivity contribution is 6.41. The smallest absolute Gasteiger partial charge is 0.355 e. The highest BCUT2D eigenvalue weighted by Crippen LogP contribution is 2.30. The maximum Gasteiger partial charge on any atom is 0.355 e. The van der Waals surface area contributed by atoms with Gasteiger partial charge in [0.05, 0.1) is 27.4 Å².